The highest BCUT2D eigenvalue weighted by Crippen LogP contribution is 2.42. The molecule has 0 atom stereocenters. The summed E-state index contributed by atoms with van der Waals surface area (Å²) in [5.74, 6) is 0.351. The Labute approximate surface area is 157 Å². The number of rotatable bonds is 4. The van der Waals surface area contributed by atoms with Gasteiger partial charge in [-0.1, -0.05) is 11.6 Å². The largest absolute Gasteiger partial charge is 0.497 e. The summed E-state index contributed by atoms with van der Waals surface area (Å²) in [6, 6.07) is 10.7. The summed E-state index contributed by atoms with van der Waals surface area (Å²) >= 11 is 6.08. The van der Waals surface area contributed by atoms with Crippen molar-refractivity contribution in [3.05, 3.63) is 52.5 Å². The lowest BCUT2D eigenvalue weighted by molar-refractivity contribution is -0.124. The van der Waals surface area contributed by atoms with Gasteiger partial charge in [-0.25, -0.2) is 0 Å². The van der Waals surface area contributed by atoms with Crippen molar-refractivity contribution >= 4 is 34.8 Å². The van der Waals surface area contributed by atoms with Crippen LogP contribution < -0.4 is 15.0 Å². The number of methoxy groups -OCH3 is 1. The molecular formula is C20H21ClN2O3. The van der Waals surface area contributed by atoms with E-state index in [1.165, 1.54) is 4.90 Å². The molecule has 2 aromatic carbocycles. The van der Waals surface area contributed by atoms with Crippen LogP contribution in [0.4, 0.5) is 11.4 Å². The Hall–Kier alpha value is -2.53. The second-order valence-electron chi connectivity index (χ2n) is 6.91. The topological polar surface area (TPSA) is 58.6 Å². The van der Waals surface area contributed by atoms with Crippen LogP contribution in [0.3, 0.4) is 0 Å². The first-order valence-electron chi connectivity index (χ1n) is 8.30. The molecule has 0 bridgehead atoms. The normalized spacial score (nSPS) is 15.0. The summed E-state index contributed by atoms with van der Waals surface area (Å²) < 4.78 is 5.17. The monoisotopic (exact) mass is 372 g/mol. The minimum absolute atomic E-state index is 0.0532. The van der Waals surface area contributed by atoms with Crippen LogP contribution in [-0.2, 0) is 15.0 Å². The van der Waals surface area contributed by atoms with Crippen LogP contribution in [0.2, 0.25) is 5.02 Å². The molecule has 0 aliphatic carbocycles. The SMILES string of the molecule is COc1ccc(NC(=O)CN2C(=O)C(C)(C)c3cc(Cl)ccc32)c(C)c1. The Morgan fingerprint density at radius 2 is 1.96 bits per heavy atom. The number of fused-ring (bicyclic) bond motifs is 1. The van der Waals surface area contributed by atoms with Crippen molar-refractivity contribution in [1.82, 2.24) is 0 Å². The minimum atomic E-state index is -0.712. The molecule has 0 unspecified atom stereocenters. The Morgan fingerprint density at radius 3 is 2.62 bits per heavy atom. The fourth-order valence-corrected chi connectivity index (χ4v) is 3.37. The number of halogens is 1. The zero-order valence-corrected chi connectivity index (χ0v) is 16.0. The van der Waals surface area contributed by atoms with E-state index in [0.29, 0.717) is 10.7 Å². The predicted molar refractivity (Wildman–Crippen MR) is 103 cm³/mol. The van der Waals surface area contributed by atoms with Gasteiger partial charge >= 0.3 is 0 Å². The van der Waals surface area contributed by atoms with Crippen molar-refractivity contribution in [1.29, 1.82) is 0 Å². The molecule has 1 heterocycles. The highest BCUT2D eigenvalue weighted by molar-refractivity contribution is 6.31. The summed E-state index contributed by atoms with van der Waals surface area (Å²) in [6.07, 6.45) is 0. The summed E-state index contributed by atoms with van der Waals surface area (Å²) in [6.45, 7) is 5.52. The van der Waals surface area contributed by atoms with Gasteiger partial charge in [-0.15, -0.1) is 0 Å². The van der Waals surface area contributed by atoms with Crippen molar-refractivity contribution in [2.24, 2.45) is 0 Å². The number of aryl methyl sites for hydroxylation is 1. The molecule has 5 nitrogen and oxygen atoms in total. The number of carbonyl (C=O) groups is 2. The van der Waals surface area contributed by atoms with E-state index in [-0.39, 0.29) is 18.4 Å². The molecule has 26 heavy (non-hydrogen) atoms. The van der Waals surface area contributed by atoms with Gasteiger partial charge in [-0.2, -0.15) is 0 Å². The Morgan fingerprint density at radius 1 is 1.23 bits per heavy atom. The molecular weight excluding hydrogens is 352 g/mol. The van der Waals surface area contributed by atoms with Crippen LogP contribution in [0.1, 0.15) is 25.0 Å². The zero-order chi connectivity index (χ0) is 19.1. The van der Waals surface area contributed by atoms with Gasteiger partial charge in [0.15, 0.2) is 0 Å². The van der Waals surface area contributed by atoms with Gasteiger partial charge < -0.3 is 15.0 Å². The Balaban J connectivity index is 1.81. The lowest BCUT2D eigenvalue weighted by Crippen LogP contribution is -2.40. The van der Waals surface area contributed by atoms with E-state index in [4.69, 9.17) is 16.3 Å². The third-order valence-electron chi connectivity index (χ3n) is 4.71. The summed E-state index contributed by atoms with van der Waals surface area (Å²) in [7, 11) is 1.59. The van der Waals surface area contributed by atoms with Crippen LogP contribution in [0.25, 0.3) is 0 Å². The van der Waals surface area contributed by atoms with E-state index in [1.54, 1.807) is 37.4 Å². The highest BCUT2D eigenvalue weighted by Gasteiger charge is 2.44. The van der Waals surface area contributed by atoms with Crippen molar-refractivity contribution in [3.63, 3.8) is 0 Å². The third-order valence-corrected chi connectivity index (χ3v) is 4.95. The molecule has 6 heteroatoms. The van der Waals surface area contributed by atoms with Crippen LogP contribution >= 0.6 is 11.6 Å². The average molecular weight is 373 g/mol. The molecule has 0 saturated heterocycles. The van der Waals surface area contributed by atoms with E-state index in [2.05, 4.69) is 5.32 Å². The van der Waals surface area contributed by atoms with Gasteiger partial charge in [0.1, 0.15) is 12.3 Å². The second kappa shape index (κ2) is 6.65. The molecule has 1 aliphatic heterocycles. The lowest BCUT2D eigenvalue weighted by atomic mass is 9.86. The van der Waals surface area contributed by atoms with E-state index in [1.807, 2.05) is 26.8 Å². The molecule has 1 aliphatic rings. The molecule has 136 valence electrons. The summed E-state index contributed by atoms with van der Waals surface area (Å²) in [5, 5.41) is 3.44. The Kier molecular flexibility index (Phi) is 4.67. The number of nitrogens with one attached hydrogen (secondary N) is 1. The minimum Gasteiger partial charge on any atom is -0.497 e. The van der Waals surface area contributed by atoms with Crippen LogP contribution in [0.15, 0.2) is 36.4 Å². The maximum atomic E-state index is 12.8. The quantitative estimate of drug-likeness (QED) is 0.884. The molecule has 2 aromatic rings. The summed E-state index contributed by atoms with van der Waals surface area (Å²) in [4.78, 5) is 26.9. The number of amides is 2. The second-order valence-corrected chi connectivity index (χ2v) is 7.34. The summed E-state index contributed by atoms with van der Waals surface area (Å²) in [5.41, 5.74) is 2.43. The van der Waals surface area contributed by atoms with Gasteiger partial charge in [-0.05, 0) is 68.3 Å². The molecule has 0 fully saturated rings. The van der Waals surface area contributed by atoms with E-state index < -0.39 is 5.41 Å². The lowest BCUT2D eigenvalue weighted by Gasteiger charge is -2.20. The van der Waals surface area contributed by atoms with Crippen molar-refractivity contribution in [2.75, 3.05) is 23.9 Å². The molecule has 0 aromatic heterocycles. The van der Waals surface area contributed by atoms with Crippen LogP contribution in [-0.4, -0.2) is 25.5 Å². The van der Waals surface area contributed by atoms with Crippen molar-refractivity contribution < 1.29 is 14.3 Å². The Bertz CT molecular complexity index is 893. The number of nitrogens with zero attached hydrogens (tertiary/aromatic N) is 1. The number of carbonyl (C=O) groups excluding carboxylic acids is 2. The van der Waals surface area contributed by atoms with E-state index in [9.17, 15) is 9.59 Å². The first-order valence-corrected chi connectivity index (χ1v) is 8.68. The fourth-order valence-electron chi connectivity index (χ4n) is 3.20. The molecule has 3 rings (SSSR count). The predicted octanol–water partition coefficient (Wildman–Crippen LogP) is 3.92. The van der Waals surface area contributed by atoms with Gasteiger partial charge in [0.2, 0.25) is 11.8 Å². The smallest absolute Gasteiger partial charge is 0.244 e. The van der Waals surface area contributed by atoms with Gasteiger partial charge in [-0.3, -0.25) is 9.59 Å². The van der Waals surface area contributed by atoms with Gasteiger partial charge in [0.05, 0.1) is 12.5 Å². The number of anilines is 2. The number of benzene rings is 2. The van der Waals surface area contributed by atoms with Crippen LogP contribution in [0.5, 0.6) is 5.75 Å². The molecule has 2 amide bonds. The third kappa shape index (κ3) is 3.15. The maximum Gasteiger partial charge on any atom is 0.244 e. The fraction of sp³-hybridized carbons (Fsp3) is 0.300. The van der Waals surface area contributed by atoms with Crippen molar-refractivity contribution in [2.45, 2.75) is 26.2 Å². The van der Waals surface area contributed by atoms with Crippen molar-refractivity contribution in [3.8, 4) is 5.75 Å². The number of ether oxygens (including phenoxy) is 1. The van der Waals surface area contributed by atoms with E-state index >= 15 is 0 Å². The number of hydrogen-bond donors (Lipinski definition) is 1. The standard InChI is InChI=1S/C20H21ClN2O3/c1-12-9-14(26-4)6-7-16(12)22-18(24)11-23-17-8-5-13(21)10-15(17)20(2,3)19(23)25/h5-10H,11H2,1-4H3,(H,22,24). The first kappa shape index (κ1) is 18.3. The molecule has 0 spiro atoms. The van der Waals surface area contributed by atoms with Gasteiger partial charge in [0, 0.05) is 16.4 Å². The first-order chi connectivity index (χ1) is 12.2. The molecule has 0 saturated carbocycles. The highest BCUT2D eigenvalue weighted by atomic mass is 35.5. The van der Waals surface area contributed by atoms with Crippen LogP contribution in [0, 0.1) is 6.92 Å². The number of hydrogen-bond acceptors (Lipinski definition) is 3. The average Bonchev–Trinajstić information content (AvgIpc) is 2.77. The van der Waals surface area contributed by atoms with Gasteiger partial charge in [0.25, 0.3) is 0 Å². The maximum absolute atomic E-state index is 12.8. The zero-order valence-electron chi connectivity index (χ0n) is 15.2. The van der Waals surface area contributed by atoms with E-state index in [0.717, 1.165) is 22.6 Å². The molecule has 1 N–H and O–H groups in total. The molecule has 0 radical (unpaired) electrons.